The summed E-state index contributed by atoms with van der Waals surface area (Å²) in [5, 5.41) is 22.6. The molecule has 0 aromatic heterocycles. The van der Waals surface area contributed by atoms with Gasteiger partial charge in [0.25, 0.3) is 0 Å². The Morgan fingerprint density at radius 3 is 2.35 bits per heavy atom. The molecule has 222 valence electrons. The van der Waals surface area contributed by atoms with Crippen molar-refractivity contribution in [3.05, 3.63) is 29.3 Å². The molecule has 1 aromatic carbocycles. The van der Waals surface area contributed by atoms with Crippen molar-refractivity contribution < 1.29 is 15.0 Å². The number of anilines is 1. The molecule has 2 N–H and O–H groups in total. The van der Waals surface area contributed by atoms with Crippen molar-refractivity contribution in [1.29, 1.82) is 0 Å². The number of nitrogens with zero attached hydrogens (tertiary/aromatic N) is 2. The van der Waals surface area contributed by atoms with Crippen molar-refractivity contribution >= 4 is 23.2 Å². The van der Waals surface area contributed by atoms with Gasteiger partial charge in [0.15, 0.2) is 0 Å². The number of amides is 1. The fraction of sp³-hybridized carbons (Fsp3) is 0.794. The van der Waals surface area contributed by atoms with Crippen LogP contribution in [-0.4, -0.2) is 59.4 Å². The third kappa shape index (κ3) is 5.00. The van der Waals surface area contributed by atoms with Gasteiger partial charge in [-0.05, 0) is 128 Å². The molecule has 10 atom stereocenters. The van der Waals surface area contributed by atoms with Crippen LogP contribution in [0.25, 0.3) is 0 Å². The number of piperazine rings is 1. The average molecular weight is 571 g/mol. The lowest BCUT2D eigenvalue weighted by atomic mass is 9.43. The Kier molecular flexibility index (Phi) is 7.98. The molecule has 0 unspecified atom stereocenters. The monoisotopic (exact) mass is 570 g/mol. The van der Waals surface area contributed by atoms with Crippen molar-refractivity contribution in [3.8, 4) is 0 Å². The second kappa shape index (κ2) is 11.1. The first-order valence-corrected chi connectivity index (χ1v) is 16.6. The highest BCUT2D eigenvalue weighted by Gasteiger charge is 2.62. The number of aliphatic hydroxyl groups is 2. The largest absolute Gasteiger partial charge is 0.393 e. The predicted octanol–water partition coefficient (Wildman–Crippen LogP) is 6.40. The summed E-state index contributed by atoms with van der Waals surface area (Å²) >= 11 is 6.05. The van der Waals surface area contributed by atoms with Crippen molar-refractivity contribution in [3.63, 3.8) is 0 Å². The van der Waals surface area contributed by atoms with Crippen molar-refractivity contribution in [2.45, 2.75) is 97.2 Å². The van der Waals surface area contributed by atoms with Crippen molar-refractivity contribution in [2.24, 2.45) is 46.3 Å². The number of aliphatic hydroxyl groups excluding tert-OH is 2. The molecule has 1 amide bonds. The predicted molar refractivity (Wildman–Crippen MR) is 161 cm³/mol. The van der Waals surface area contributed by atoms with E-state index in [9.17, 15) is 15.0 Å². The molecule has 40 heavy (non-hydrogen) atoms. The van der Waals surface area contributed by atoms with E-state index in [1.807, 2.05) is 12.1 Å². The summed E-state index contributed by atoms with van der Waals surface area (Å²) < 4.78 is 0. The minimum atomic E-state index is -0.222. The zero-order valence-corrected chi connectivity index (χ0v) is 25.7. The van der Waals surface area contributed by atoms with Crippen molar-refractivity contribution in [2.75, 3.05) is 31.1 Å². The van der Waals surface area contributed by atoms with Crippen LogP contribution in [0.3, 0.4) is 0 Å². The average Bonchev–Trinajstić information content (AvgIpc) is 3.30. The van der Waals surface area contributed by atoms with Gasteiger partial charge in [0.2, 0.25) is 5.91 Å². The van der Waals surface area contributed by atoms with Crippen molar-refractivity contribution in [1.82, 2.24) is 4.90 Å². The van der Waals surface area contributed by atoms with E-state index < -0.39 is 0 Å². The maximum absolute atomic E-state index is 13.2. The van der Waals surface area contributed by atoms with Crippen LogP contribution >= 0.6 is 11.6 Å². The Hall–Kier alpha value is -1.30. The van der Waals surface area contributed by atoms with Gasteiger partial charge in [0, 0.05) is 43.3 Å². The Labute approximate surface area is 246 Å². The fourth-order valence-electron chi connectivity index (χ4n) is 10.8. The summed E-state index contributed by atoms with van der Waals surface area (Å²) in [4.78, 5) is 17.6. The molecule has 0 radical (unpaired) electrons. The van der Waals surface area contributed by atoms with Gasteiger partial charge >= 0.3 is 0 Å². The number of carbonyl (C=O) groups excluding carboxylic acids is 1. The molecule has 1 aliphatic heterocycles. The lowest BCUT2D eigenvalue weighted by molar-refractivity contribution is -0.174. The Morgan fingerprint density at radius 2 is 1.62 bits per heavy atom. The topological polar surface area (TPSA) is 64.0 Å². The van der Waals surface area contributed by atoms with E-state index in [2.05, 4.69) is 42.7 Å². The number of carbonyl (C=O) groups is 1. The zero-order chi connectivity index (χ0) is 28.2. The molecular weight excluding hydrogens is 520 g/mol. The van der Waals surface area contributed by atoms with Crippen LogP contribution in [0.15, 0.2) is 24.3 Å². The van der Waals surface area contributed by atoms with Gasteiger partial charge in [-0.3, -0.25) is 4.79 Å². The first kappa shape index (κ1) is 28.8. The zero-order valence-electron chi connectivity index (χ0n) is 24.9. The third-order valence-corrected chi connectivity index (χ3v) is 13.3. The minimum Gasteiger partial charge on any atom is -0.393 e. The Morgan fingerprint density at radius 1 is 0.950 bits per heavy atom. The van der Waals surface area contributed by atoms with Gasteiger partial charge in [-0.25, -0.2) is 0 Å². The Balaban J connectivity index is 1.04. The van der Waals surface area contributed by atoms with Crippen LogP contribution in [0.5, 0.6) is 0 Å². The van der Waals surface area contributed by atoms with Gasteiger partial charge in [-0.1, -0.05) is 32.4 Å². The molecule has 6 heteroatoms. The van der Waals surface area contributed by atoms with E-state index in [0.717, 1.165) is 63.3 Å². The lowest BCUT2D eigenvalue weighted by Crippen LogP contribution is -2.58. The second-order valence-corrected chi connectivity index (χ2v) is 15.2. The molecule has 1 aromatic rings. The van der Waals surface area contributed by atoms with Crippen LogP contribution in [0.1, 0.15) is 85.0 Å². The molecule has 5 nitrogen and oxygen atoms in total. The van der Waals surface area contributed by atoms with Gasteiger partial charge in [0.1, 0.15) is 0 Å². The highest BCUT2D eigenvalue weighted by Crippen LogP contribution is 2.68. The molecular formula is C34H51ClN2O3. The van der Waals surface area contributed by atoms with E-state index in [1.54, 1.807) is 0 Å². The highest BCUT2D eigenvalue weighted by atomic mass is 35.5. The summed E-state index contributed by atoms with van der Waals surface area (Å²) in [5.41, 5.74) is 1.72. The van der Waals surface area contributed by atoms with Crippen LogP contribution in [0.4, 0.5) is 5.69 Å². The quantitative estimate of drug-likeness (QED) is 0.430. The summed E-state index contributed by atoms with van der Waals surface area (Å²) in [6.07, 6.45) is 9.97. The number of fused-ring (bicyclic) bond motifs is 5. The van der Waals surface area contributed by atoms with Crippen LogP contribution in [-0.2, 0) is 4.79 Å². The van der Waals surface area contributed by atoms with E-state index in [-0.39, 0.29) is 23.0 Å². The fourth-order valence-corrected chi connectivity index (χ4v) is 10.9. The van der Waals surface area contributed by atoms with Crippen LogP contribution < -0.4 is 4.90 Å². The number of benzene rings is 1. The highest BCUT2D eigenvalue weighted by molar-refractivity contribution is 6.30. The first-order chi connectivity index (χ1) is 19.1. The number of halogens is 1. The van der Waals surface area contributed by atoms with Gasteiger partial charge in [0.05, 0.1) is 12.2 Å². The molecule has 6 rings (SSSR count). The number of hydrogen-bond acceptors (Lipinski definition) is 4. The second-order valence-electron chi connectivity index (χ2n) is 14.8. The maximum Gasteiger partial charge on any atom is 0.222 e. The molecule has 0 bridgehead atoms. The third-order valence-electron chi connectivity index (χ3n) is 13.1. The molecule has 5 aliphatic rings. The molecule has 5 fully saturated rings. The standard InChI is InChI=1S/C34H51ClN2O3/c1-22(4-11-31(40)37-18-16-36(17-19-37)25-7-5-24(35)6-8-25)27-9-10-28-32-29(13-15-34(27,28)3)33(2)14-12-26(38)20-23(33)21-30(32)39/h5-8,22-23,26-30,32,38-39H,4,9-21H2,1-3H3/t22-,23+,26-,27-,28+,29+,30+,32+,33+,34-/m0/s1. The summed E-state index contributed by atoms with van der Waals surface area (Å²) in [6.45, 7) is 10.7. The normalized spacial score (nSPS) is 42.1. The minimum absolute atomic E-state index is 0.178. The molecule has 1 saturated heterocycles. The lowest BCUT2D eigenvalue weighted by Gasteiger charge is -2.62. The summed E-state index contributed by atoms with van der Waals surface area (Å²) in [6, 6.07) is 8.00. The van der Waals surface area contributed by atoms with Crippen LogP contribution in [0, 0.1) is 46.3 Å². The van der Waals surface area contributed by atoms with E-state index in [0.29, 0.717) is 47.8 Å². The SMILES string of the molecule is C[C@@H](CCC(=O)N1CCN(c2ccc(Cl)cc2)CC1)[C@@H]1CC[C@@H]2[C@H]3[C@H](O)C[C@H]4C[C@@H](O)CC[C@@]4(C)[C@@H]3CC[C@]21C. The molecule has 4 saturated carbocycles. The van der Waals surface area contributed by atoms with E-state index >= 15 is 0 Å². The summed E-state index contributed by atoms with van der Waals surface area (Å²) in [5.74, 6) is 3.54. The van der Waals surface area contributed by atoms with Gasteiger partial charge in [-0.2, -0.15) is 0 Å². The first-order valence-electron chi connectivity index (χ1n) is 16.2. The van der Waals surface area contributed by atoms with Gasteiger partial charge in [-0.15, -0.1) is 0 Å². The molecule has 4 aliphatic carbocycles. The smallest absolute Gasteiger partial charge is 0.222 e. The molecule has 1 heterocycles. The number of hydrogen-bond donors (Lipinski definition) is 2. The summed E-state index contributed by atoms with van der Waals surface area (Å²) in [7, 11) is 0. The number of rotatable bonds is 5. The Bertz CT molecular complexity index is 1060. The van der Waals surface area contributed by atoms with E-state index in [4.69, 9.17) is 11.6 Å². The maximum atomic E-state index is 13.2. The van der Waals surface area contributed by atoms with Gasteiger partial charge < -0.3 is 20.0 Å². The van der Waals surface area contributed by atoms with Crippen LogP contribution in [0.2, 0.25) is 5.02 Å². The molecule has 0 spiro atoms. The van der Waals surface area contributed by atoms with E-state index in [1.165, 1.54) is 31.4 Å².